The quantitative estimate of drug-likeness (QED) is 0.708. The highest BCUT2D eigenvalue weighted by Crippen LogP contribution is 2.28. The number of hydrogen-bond donors (Lipinski definition) is 1. The first-order valence-electron chi connectivity index (χ1n) is 8.25. The van der Waals surface area contributed by atoms with E-state index >= 15 is 0 Å². The molecule has 0 saturated carbocycles. The predicted octanol–water partition coefficient (Wildman–Crippen LogP) is 2.57. The van der Waals surface area contributed by atoms with Gasteiger partial charge in [0.2, 0.25) is 0 Å². The Morgan fingerprint density at radius 1 is 1.29 bits per heavy atom. The standard InChI is InChI=1S/C18H30N2O/c1-3-11-19-14-18(10-13-21-16-18)15-20(2)12-9-17-7-5-4-6-8-17/h4-8,19H,3,9-16H2,1-2H3. The second-order valence-corrected chi connectivity index (χ2v) is 6.45. The van der Waals surface area contributed by atoms with Gasteiger partial charge in [0.25, 0.3) is 0 Å². The Labute approximate surface area is 129 Å². The van der Waals surface area contributed by atoms with Crippen molar-refractivity contribution in [3.05, 3.63) is 35.9 Å². The Morgan fingerprint density at radius 2 is 2.10 bits per heavy atom. The van der Waals surface area contributed by atoms with E-state index < -0.39 is 0 Å². The van der Waals surface area contributed by atoms with Crippen molar-refractivity contribution < 1.29 is 4.74 Å². The van der Waals surface area contributed by atoms with Crippen LogP contribution in [0.1, 0.15) is 25.3 Å². The van der Waals surface area contributed by atoms with Gasteiger partial charge in [0.05, 0.1) is 6.61 Å². The van der Waals surface area contributed by atoms with Crippen LogP contribution in [0.4, 0.5) is 0 Å². The monoisotopic (exact) mass is 290 g/mol. The zero-order valence-electron chi connectivity index (χ0n) is 13.6. The van der Waals surface area contributed by atoms with Crippen LogP contribution in [-0.4, -0.2) is 51.3 Å². The third-order valence-electron chi connectivity index (χ3n) is 4.34. The highest BCUT2D eigenvalue weighted by molar-refractivity contribution is 5.14. The lowest BCUT2D eigenvalue weighted by Crippen LogP contribution is -2.44. The highest BCUT2D eigenvalue weighted by atomic mass is 16.5. The largest absolute Gasteiger partial charge is 0.381 e. The smallest absolute Gasteiger partial charge is 0.0547 e. The molecule has 3 nitrogen and oxygen atoms in total. The molecule has 1 heterocycles. The lowest BCUT2D eigenvalue weighted by molar-refractivity contribution is 0.119. The summed E-state index contributed by atoms with van der Waals surface area (Å²) in [6, 6.07) is 10.8. The molecule has 3 heteroatoms. The van der Waals surface area contributed by atoms with Gasteiger partial charge in [-0.3, -0.25) is 0 Å². The van der Waals surface area contributed by atoms with Crippen molar-refractivity contribution in [1.82, 2.24) is 10.2 Å². The van der Waals surface area contributed by atoms with E-state index in [0.29, 0.717) is 5.41 Å². The minimum atomic E-state index is 0.306. The molecule has 0 aliphatic carbocycles. The van der Waals surface area contributed by atoms with Gasteiger partial charge < -0.3 is 15.0 Å². The molecule has 1 aromatic rings. The highest BCUT2D eigenvalue weighted by Gasteiger charge is 2.35. The van der Waals surface area contributed by atoms with Crippen molar-refractivity contribution in [2.45, 2.75) is 26.2 Å². The van der Waals surface area contributed by atoms with Crippen LogP contribution in [0.3, 0.4) is 0 Å². The normalized spacial score (nSPS) is 22.0. The second kappa shape index (κ2) is 8.52. The number of benzene rings is 1. The first-order chi connectivity index (χ1) is 10.2. The lowest BCUT2D eigenvalue weighted by Gasteiger charge is -2.32. The maximum atomic E-state index is 5.69. The molecule has 1 saturated heterocycles. The van der Waals surface area contributed by atoms with E-state index in [0.717, 1.165) is 45.8 Å². The first-order valence-corrected chi connectivity index (χ1v) is 8.25. The molecule has 1 aliphatic heterocycles. The summed E-state index contributed by atoms with van der Waals surface area (Å²) in [5.74, 6) is 0. The van der Waals surface area contributed by atoms with Gasteiger partial charge in [0.15, 0.2) is 0 Å². The zero-order valence-corrected chi connectivity index (χ0v) is 13.6. The van der Waals surface area contributed by atoms with E-state index in [2.05, 4.69) is 54.5 Å². The summed E-state index contributed by atoms with van der Waals surface area (Å²) in [5.41, 5.74) is 1.73. The number of nitrogens with zero attached hydrogens (tertiary/aromatic N) is 1. The maximum Gasteiger partial charge on any atom is 0.0547 e. The van der Waals surface area contributed by atoms with Crippen molar-refractivity contribution in [3.8, 4) is 0 Å². The van der Waals surface area contributed by atoms with Crippen LogP contribution in [0.5, 0.6) is 0 Å². The van der Waals surface area contributed by atoms with Gasteiger partial charge in [-0.2, -0.15) is 0 Å². The Hall–Kier alpha value is -0.900. The summed E-state index contributed by atoms with van der Waals surface area (Å²) in [4.78, 5) is 2.47. The Bertz CT molecular complexity index is 387. The summed E-state index contributed by atoms with van der Waals surface area (Å²) in [7, 11) is 2.24. The number of ether oxygens (including phenoxy) is 1. The fourth-order valence-corrected chi connectivity index (χ4v) is 3.12. The first kappa shape index (κ1) is 16.5. The van der Waals surface area contributed by atoms with Crippen LogP contribution >= 0.6 is 0 Å². The van der Waals surface area contributed by atoms with Gasteiger partial charge in [0, 0.05) is 31.7 Å². The average molecular weight is 290 g/mol. The molecule has 2 rings (SSSR count). The molecule has 0 aromatic heterocycles. The lowest BCUT2D eigenvalue weighted by atomic mass is 9.86. The topological polar surface area (TPSA) is 24.5 Å². The van der Waals surface area contributed by atoms with E-state index in [9.17, 15) is 0 Å². The summed E-state index contributed by atoms with van der Waals surface area (Å²) >= 11 is 0. The summed E-state index contributed by atoms with van der Waals surface area (Å²) in [6.45, 7) is 8.46. The van der Waals surface area contributed by atoms with E-state index in [1.54, 1.807) is 0 Å². The van der Waals surface area contributed by atoms with Crippen molar-refractivity contribution in [3.63, 3.8) is 0 Å². The van der Waals surface area contributed by atoms with Gasteiger partial charge in [-0.05, 0) is 38.4 Å². The Balaban J connectivity index is 1.79. The molecule has 1 unspecified atom stereocenters. The maximum absolute atomic E-state index is 5.69. The van der Waals surface area contributed by atoms with Crippen molar-refractivity contribution in [2.24, 2.45) is 5.41 Å². The van der Waals surface area contributed by atoms with E-state index in [1.807, 2.05) is 0 Å². The van der Waals surface area contributed by atoms with E-state index in [4.69, 9.17) is 4.74 Å². The molecular weight excluding hydrogens is 260 g/mol. The van der Waals surface area contributed by atoms with Gasteiger partial charge in [-0.1, -0.05) is 37.3 Å². The van der Waals surface area contributed by atoms with Crippen LogP contribution in [0.2, 0.25) is 0 Å². The molecular formula is C18H30N2O. The molecule has 1 fully saturated rings. The van der Waals surface area contributed by atoms with Crippen LogP contribution in [-0.2, 0) is 11.2 Å². The van der Waals surface area contributed by atoms with Crippen LogP contribution in [0, 0.1) is 5.41 Å². The summed E-state index contributed by atoms with van der Waals surface area (Å²) in [5, 5.41) is 3.59. The fourth-order valence-electron chi connectivity index (χ4n) is 3.12. The molecule has 0 radical (unpaired) electrons. The molecule has 1 aliphatic rings. The minimum Gasteiger partial charge on any atom is -0.381 e. The average Bonchev–Trinajstić information content (AvgIpc) is 2.95. The summed E-state index contributed by atoms with van der Waals surface area (Å²) in [6.07, 6.45) is 3.50. The Kier molecular flexibility index (Phi) is 6.68. The molecule has 21 heavy (non-hydrogen) atoms. The van der Waals surface area contributed by atoms with Gasteiger partial charge in [0.1, 0.15) is 0 Å². The van der Waals surface area contributed by atoms with Crippen molar-refractivity contribution in [1.29, 1.82) is 0 Å². The van der Waals surface area contributed by atoms with E-state index in [1.165, 1.54) is 18.4 Å². The molecule has 1 atom stereocenters. The molecule has 0 bridgehead atoms. The number of rotatable bonds is 9. The second-order valence-electron chi connectivity index (χ2n) is 6.45. The van der Waals surface area contributed by atoms with Crippen LogP contribution in [0.15, 0.2) is 30.3 Å². The predicted molar refractivity (Wildman–Crippen MR) is 88.7 cm³/mol. The van der Waals surface area contributed by atoms with Crippen molar-refractivity contribution in [2.75, 3.05) is 46.4 Å². The molecule has 1 N–H and O–H groups in total. The van der Waals surface area contributed by atoms with Gasteiger partial charge >= 0.3 is 0 Å². The fraction of sp³-hybridized carbons (Fsp3) is 0.667. The zero-order chi connectivity index (χ0) is 15.0. The van der Waals surface area contributed by atoms with Crippen molar-refractivity contribution >= 4 is 0 Å². The third-order valence-corrected chi connectivity index (χ3v) is 4.34. The van der Waals surface area contributed by atoms with E-state index in [-0.39, 0.29) is 0 Å². The molecule has 0 amide bonds. The van der Waals surface area contributed by atoms with Crippen LogP contribution in [0.25, 0.3) is 0 Å². The van der Waals surface area contributed by atoms with Crippen LogP contribution < -0.4 is 5.32 Å². The molecule has 1 aromatic carbocycles. The number of nitrogens with one attached hydrogen (secondary N) is 1. The third kappa shape index (κ3) is 5.42. The van der Waals surface area contributed by atoms with Gasteiger partial charge in [-0.15, -0.1) is 0 Å². The Morgan fingerprint density at radius 3 is 2.76 bits per heavy atom. The number of hydrogen-bond acceptors (Lipinski definition) is 3. The molecule has 0 spiro atoms. The van der Waals surface area contributed by atoms with Gasteiger partial charge in [-0.25, -0.2) is 0 Å². The number of likely N-dealkylation sites (N-methyl/N-ethyl adjacent to an activating group) is 1. The summed E-state index contributed by atoms with van der Waals surface area (Å²) < 4.78 is 5.69. The minimum absolute atomic E-state index is 0.306. The SMILES string of the molecule is CCCNCC1(CN(C)CCc2ccccc2)CCOC1. The molecule has 118 valence electrons.